The van der Waals surface area contributed by atoms with Crippen LogP contribution < -0.4 is 16.0 Å². The van der Waals surface area contributed by atoms with Crippen molar-refractivity contribution in [3.63, 3.8) is 0 Å². The molecule has 0 spiro atoms. The van der Waals surface area contributed by atoms with Gasteiger partial charge in [-0.05, 0) is 30.0 Å². The Morgan fingerprint density at radius 1 is 1.22 bits per heavy atom. The lowest BCUT2D eigenvalue weighted by Crippen LogP contribution is -2.30. The molecule has 1 aliphatic carbocycles. The molecule has 0 heterocycles. The zero-order chi connectivity index (χ0) is 12.8. The third kappa shape index (κ3) is 3.47. The lowest BCUT2D eigenvalue weighted by molar-refractivity contribution is 0.301. The molecule has 3 heteroatoms. The number of hydrazine groups is 1. The van der Waals surface area contributed by atoms with Crippen LogP contribution in [0.4, 0.5) is 0 Å². The molecule has 18 heavy (non-hydrogen) atoms. The Labute approximate surface area is 110 Å². The largest absolute Gasteiger partial charge is 0.497 e. The van der Waals surface area contributed by atoms with Gasteiger partial charge in [-0.1, -0.05) is 44.2 Å². The van der Waals surface area contributed by atoms with Crippen molar-refractivity contribution in [1.29, 1.82) is 0 Å². The summed E-state index contributed by atoms with van der Waals surface area (Å²) in [6, 6.07) is 8.47. The smallest absolute Gasteiger partial charge is 0.118 e. The van der Waals surface area contributed by atoms with Crippen LogP contribution in [0, 0.1) is 5.92 Å². The second kappa shape index (κ2) is 6.76. The highest BCUT2D eigenvalue weighted by Gasteiger charge is 2.19. The summed E-state index contributed by atoms with van der Waals surface area (Å²) in [4.78, 5) is 0. The number of hydrogen-bond donors (Lipinski definition) is 2. The topological polar surface area (TPSA) is 47.3 Å². The quantitative estimate of drug-likeness (QED) is 0.621. The molecule has 1 aromatic carbocycles. The summed E-state index contributed by atoms with van der Waals surface area (Å²) in [5, 5.41) is 0. The lowest BCUT2D eigenvalue weighted by Gasteiger charge is -2.26. The van der Waals surface area contributed by atoms with Gasteiger partial charge < -0.3 is 4.74 Å². The van der Waals surface area contributed by atoms with E-state index >= 15 is 0 Å². The number of hydrogen-bond acceptors (Lipinski definition) is 3. The molecule has 1 fully saturated rings. The summed E-state index contributed by atoms with van der Waals surface area (Å²) in [7, 11) is 1.69. The molecule has 3 nitrogen and oxygen atoms in total. The molecule has 3 N–H and O–H groups in total. The van der Waals surface area contributed by atoms with Gasteiger partial charge in [-0.3, -0.25) is 11.3 Å². The Hall–Kier alpha value is -1.06. The van der Waals surface area contributed by atoms with Crippen LogP contribution in [-0.4, -0.2) is 7.11 Å². The van der Waals surface area contributed by atoms with Crippen molar-refractivity contribution in [2.24, 2.45) is 11.8 Å². The summed E-state index contributed by atoms with van der Waals surface area (Å²) >= 11 is 0. The predicted molar refractivity (Wildman–Crippen MR) is 74.3 cm³/mol. The molecule has 0 aromatic heterocycles. The highest BCUT2D eigenvalue weighted by Crippen LogP contribution is 2.31. The number of nitrogens with two attached hydrogens (primary N) is 1. The molecule has 0 radical (unpaired) electrons. The van der Waals surface area contributed by atoms with E-state index in [2.05, 4.69) is 17.6 Å². The van der Waals surface area contributed by atoms with Crippen molar-refractivity contribution >= 4 is 0 Å². The summed E-state index contributed by atoms with van der Waals surface area (Å²) in [5.74, 6) is 7.43. The highest BCUT2D eigenvalue weighted by atomic mass is 16.5. The lowest BCUT2D eigenvalue weighted by atomic mass is 9.83. The maximum atomic E-state index is 5.71. The van der Waals surface area contributed by atoms with Crippen LogP contribution in [0.1, 0.15) is 50.1 Å². The molecule has 1 saturated carbocycles. The molecule has 0 amide bonds. The molecule has 1 aromatic rings. The molecule has 0 saturated heterocycles. The van der Waals surface area contributed by atoms with Gasteiger partial charge in [0.1, 0.15) is 5.75 Å². The molecule has 1 atom stereocenters. The Kier molecular flexibility index (Phi) is 5.02. The Balaban J connectivity index is 1.97. The summed E-state index contributed by atoms with van der Waals surface area (Å²) < 4.78 is 5.18. The first-order valence-corrected chi connectivity index (χ1v) is 6.93. The van der Waals surface area contributed by atoms with Gasteiger partial charge in [0.2, 0.25) is 0 Å². The fraction of sp³-hybridized carbons (Fsp3) is 0.600. The van der Waals surface area contributed by atoms with Crippen molar-refractivity contribution in [3.05, 3.63) is 29.8 Å². The van der Waals surface area contributed by atoms with E-state index in [4.69, 9.17) is 10.6 Å². The van der Waals surface area contributed by atoms with Crippen LogP contribution in [0.2, 0.25) is 0 Å². The summed E-state index contributed by atoms with van der Waals surface area (Å²) in [6.07, 6.45) is 8.01. The van der Waals surface area contributed by atoms with Gasteiger partial charge in [-0.15, -0.1) is 0 Å². The fourth-order valence-corrected chi connectivity index (χ4v) is 2.89. The van der Waals surface area contributed by atoms with Gasteiger partial charge in [0.05, 0.1) is 7.11 Å². The summed E-state index contributed by atoms with van der Waals surface area (Å²) in [5.41, 5.74) is 4.22. The van der Waals surface area contributed by atoms with E-state index in [1.807, 2.05) is 12.1 Å². The van der Waals surface area contributed by atoms with Crippen molar-refractivity contribution in [1.82, 2.24) is 5.43 Å². The maximum Gasteiger partial charge on any atom is 0.118 e. The highest BCUT2D eigenvalue weighted by molar-refractivity contribution is 5.29. The normalized spacial score (nSPS) is 18.6. The molecule has 1 unspecified atom stereocenters. The molecule has 1 aliphatic rings. The van der Waals surface area contributed by atoms with E-state index in [0.29, 0.717) is 0 Å². The van der Waals surface area contributed by atoms with Gasteiger partial charge in [0.15, 0.2) is 0 Å². The minimum absolute atomic E-state index is 0.263. The molecule has 100 valence electrons. The molecule has 2 rings (SSSR count). The first-order valence-electron chi connectivity index (χ1n) is 6.93. The molecular weight excluding hydrogens is 224 g/mol. The number of rotatable bonds is 5. The molecular formula is C15H24N2O. The second-order valence-corrected chi connectivity index (χ2v) is 5.23. The van der Waals surface area contributed by atoms with Gasteiger partial charge in [-0.2, -0.15) is 0 Å². The van der Waals surface area contributed by atoms with Crippen molar-refractivity contribution < 1.29 is 4.74 Å². The number of benzene rings is 1. The Morgan fingerprint density at radius 3 is 2.44 bits per heavy atom. The third-order valence-corrected chi connectivity index (χ3v) is 4.01. The van der Waals surface area contributed by atoms with Crippen LogP contribution in [-0.2, 0) is 0 Å². The maximum absolute atomic E-state index is 5.71. The van der Waals surface area contributed by atoms with Crippen LogP contribution in [0.5, 0.6) is 5.75 Å². The van der Waals surface area contributed by atoms with E-state index in [1.165, 1.54) is 37.7 Å². The van der Waals surface area contributed by atoms with Gasteiger partial charge >= 0.3 is 0 Å². The van der Waals surface area contributed by atoms with E-state index in [1.54, 1.807) is 7.11 Å². The average Bonchev–Trinajstić information content (AvgIpc) is 2.46. The second-order valence-electron chi connectivity index (χ2n) is 5.23. The minimum atomic E-state index is 0.263. The van der Waals surface area contributed by atoms with Crippen LogP contribution in [0.15, 0.2) is 24.3 Å². The van der Waals surface area contributed by atoms with Crippen LogP contribution >= 0.6 is 0 Å². The molecule has 0 bridgehead atoms. The standard InChI is InChI=1S/C15H24N2O/c1-18-14-9-7-13(8-10-14)15(17-16)11-12-5-3-2-4-6-12/h7-10,12,15,17H,2-6,11,16H2,1H3. The first kappa shape index (κ1) is 13.4. The van der Waals surface area contributed by atoms with Gasteiger partial charge in [0, 0.05) is 6.04 Å². The van der Waals surface area contributed by atoms with Crippen LogP contribution in [0.3, 0.4) is 0 Å². The monoisotopic (exact) mass is 248 g/mol. The van der Waals surface area contributed by atoms with Gasteiger partial charge in [-0.25, -0.2) is 0 Å². The Morgan fingerprint density at radius 2 is 1.89 bits per heavy atom. The van der Waals surface area contributed by atoms with Crippen molar-refractivity contribution in [2.75, 3.05) is 7.11 Å². The molecule has 0 aliphatic heterocycles. The Bertz CT molecular complexity index is 344. The summed E-state index contributed by atoms with van der Waals surface area (Å²) in [6.45, 7) is 0. The van der Waals surface area contributed by atoms with E-state index in [-0.39, 0.29) is 6.04 Å². The predicted octanol–water partition coefficient (Wildman–Crippen LogP) is 3.17. The first-order chi connectivity index (χ1) is 8.83. The van der Waals surface area contributed by atoms with Crippen LogP contribution in [0.25, 0.3) is 0 Å². The number of nitrogens with one attached hydrogen (secondary N) is 1. The SMILES string of the molecule is COc1ccc(C(CC2CCCCC2)NN)cc1. The zero-order valence-corrected chi connectivity index (χ0v) is 11.2. The number of methoxy groups -OCH3 is 1. The van der Waals surface area contributed by atoms with Crippen molar-refractivity contribution in [3.8, 4) is 5.75 Å². The van der Waals surface area contributed by atoms with E-state index < -0.39 is 0 Å². The minimum Gasteiger partial charge on any atom is -0.497 e. The third-order valence-electron chi connectivity index (χ3n) is 4.01. The fourth-order valence-electron chi connectivity index (χ4n) is 2.89. The van der Waals surface area contributed by atoms with E-state index in [0.717, 1.165) is 18.1 Å². The van der Waals surface area contributed by atoms with Gasteiger partial charge in [0.25, 0.3) is 0 Å². The average molecular weight is 248 g/mol. The van der Waals surface area contributed by atoms with Crippen molar-refractivity contribution in [2.45, 2.75) is 44.6 Å². The zero-order valence-electron chi connectivity index (χ0n) is 11.2. The van der Waals surface area contributed by atoms with E-state index in [9.17, 15) is 0 Å². The number of ether oxygens (including phenoxy) is 1.